The van der Waals surface area contributed by atoms with E-state index in [0.717, 1.165) is 37.4 Å². The number of piperidine rings is 1. The lowest BCUT2D eigenvalue weighted by molar-refractivity contribution is 0.0668. The zero-order valence-electron chi connectivity index (χ0n) is 18.5. The number of carbonyl (C=O) groups is 1. The van der Waals surface area contributed by atoms with Crippen molar-refractivity contribution in [1.29, 1.82) is 0 Å². The van der Waals surface area contributed by atoms with Gasteiger partial charge >= 0.3 is 0 Å². The highest BCUT2D eigenvalue weighted by Crippen LogP contribution is 2.22. The predicted octanol–water partition coefficient (Wildman–Crippen LogP) is 3.95. The molecule has 3 heterocycles. The Labute approximate surface area is 195 Å². The molecule has 2 aliphatic heterocycles. The van der Waals surface area contributed by atoms with E-state index >= 15 is 0 Å². The minimum atomic E-state index is -3.60. The van der Waals surface area contributed by atoms with Gasteiger partial charge in [-0.1, -0.05) is 18.9 Å². The summed E-state index contributed by atoms with van der Waals surface area (Å²) in [6.07, 6.45) is 7.42. The second kappa shape index (κ2) is 10.9. The second-order valence-corrected chi connectivity index (χ2v) is 11.7. The van der Waals surface area contributed by atoms with Gasteiger partial charge in [-0.2, -0.15) is 0 Å². The van der Waals surface area contributed by atoms with Crippen LogP contribution in [0.5, 0.6) is 0 Å². The Bertz CT molecular complexity index is 958. The molecule has 2 aliphatic rings. The molecule has 1 N–H and O–H groups in total. The molecule has 1 amide bonds. The third kappa shape index (κ3) is 6.19. The SMILES string of the molecule is O=C(c1ccc(S(=O)(=O)NCc2cccs2)cc1)N1CCC(CN2CCCCCC2)CC1. The molecule has 4 rings (SSSR count). The van der Waals surface area contributed by atoms with Crippen LogP contribution in [0.4, 0.5) is 0 Å². The molecule has 0 radical (unpaired) electrons. The first-order chi connectivity index (χ1) is 15.5. The van der Waals surface area contributed by atoms with Crippen molar-refractivity contribution in [1.82, 2.24) is 14.5 Å². The van der Waals surface area contributed by atoms with Crippen molar-refractivity contribution in [2.75, 3.05) is 32.7 Å². The van der Waals surface area contributed by atoms with Gasteiger partial charge in [0.2, 0.25) is 10.0 Å². The van der Waals surface area contributed by atoms with Gasteiger partial charge < -0.3 is 9.80 Å². The molecule has 0 saturated carbocycles. The van der Waals surface area contributed by atoms with E-state index in [2.05, 4.69) is 9.62 Å². The lowest BCUT2D eigenvalue weighted by Gasteiger charge is -2.34. The smallest absolute Gasteiger partial charge is 0.253 e. The number of amides is 1. The monoisotopic (exact) mass is 475 g/mol. The van der Waals surface area contributed by atoms with Gasteiger partial charge in [0, 0.05) is 36.6 Å². The molecule has 0 spiro atoms. The first-order valence-corrected chi connectivity index (χ1v) is 14.0. The number of hydrogen-bond donors (Lipinski definition) is 1. The van der Waals surface area contributed by atoms with Crippen LogP contribution in [0, 0.1) is 5.92 Å². The van der Waals surface area contributed by atoms with E-state index in [0.29, 0.717) is 11.5 Å². The molecule has 0 aliphatic carbocycles. The topological polar surface area (TPSA) is 69.7 Å². The van der Waals surface area contributed by atoms with Crippen LogP contribution < -0.4 is 4.72 Å². The second-order valence-electron chi connectivity index (χ2n) is 8.88. The summed E-state index contributed by atoms with van der Waals surface area (Å²) in [5, 5.41) is 1.92. The standard InChI is InChI=1S/C24H33N3O3S2/c28-24(27-15-11-20(12-16-27)19-26-13-3-1-2-4-14-26)21-7-9-23(10-8-21)32(29,30)25-18-22-6-5-17-31-22/h5-10,17,20,25H,1-4,11-16,18-19H2. The molecular weight excluding hydrogens is 442 g/mol. The molecule has 174 valence electrons. The van der Waals surface area contributed by atoms with Crippen LogP contribution in [-0.2, 0) is 16.6 Å². The molecule has 2 fully saturated rings. The van der Waals surface area contributed by atoms with Crippen LogP contribution in [0.1, 0.15) is 53.8 Å². The molecule has 1 aromatic carbocycles. The van der Waals surface area contributed by atoms with Gasteiger partial charge in [0.25, 0.3) is 5.91 Å². The van der Waals surface area contributed by atoms with Crippen molar-refractivity contribution in [2.45, 2.75) is 50.0 Å². The zero-order chi connectivity index (χ0) is 22.4. The average molecular weight is 476 g/mol. The zero-order valence-corrected chi connectivity index (χ0v) is 20.2. The van der Waals surface area contributed by atoms with Crippen LogP contribution in [0.25, 0.3) is 0 Å². The first kappa shape index (κ1) is 23.4. The van der Waals surface area contributed by atoms with Crippen molar-refractivity contribution in [2.24, 2.45) is 5.92 Å². The number of benzene rings is 1. The number of sulfonamides is 1. The number of carbonyl (C=O) groups excluding carboxylic acids is 1. The summed E-state index contributed by atoms with van der Waals surface area (Å²) in [7, 11) is -3.60. The molecule has 1 aromatic heterocycles. The average Bonchev–Trinajstić information content (AvgIpc) is 3.21. The van der Waals surface area contributed by atoms with Crippen molar-refractivity contribution >= 4 is 27.3 Å². The third-order valence-electron chi connectivity index (χ3n) is 6.54. The van der Waals surface area contributed by atoms with E-state index in [4.69, 9.17) is 0 Å². The maximum absolute atomic E-state index is 12.9. The quantitative estimate of drug-likeness (QED) is 0.658. The number of likely N-dealkylation sites (tertiary alicyclic amines) is 2. The van der Waals surface area contributed by atoms with Crippen molar-refractivity contribution in [3.05, 3.63) is 52.2 Å². The fourth-order valence-corrected chi connectivity index (χ4v) is 6.37. The van der Waals surface area contributed by atoms with E-state index in [9.17, 15) is 13.2 Å². The van der Waals surface area contributed by atoms with E-state index in [-0.39, 0.29) is 17.3 Å². The van der Waals surface area contributed by atoms with E-state index in [1.807, 2.05) is 22.4 Å². The summed E-state index contributed by atoms with van der Waals surface area (Å²) in [5.41, 5.74) is 0.549. The molecule has 0 unspecified atom stereocenters. The molecule has 6 nitrogen and oxygen atoms in total. The van der Waals surface area contributed by atoms with Crippen LogP contribution in [-0.4, -0.2) is 56.8 Å². The number of nitrogens with zero attached hydrogens (tertiary/aromatic N) is 2. The maximum atomic E-state index is 12.9. The summed E-state index contributed by atoms with van der Waals surface area (Å²) in [5.74, 6) is 0.660. The van der Waals surface area contributed by atoms with E-state index in [1.165, 1.54) is 62.2 Å². The lowest BCUT2D eigenvalue weighted by Crippen LogP contribution is -2.41. The molecule has 8 heteroatoms. The van der Waals surface area contributed by atoms with Gasteiger partial charge in [-0.15, -0.1) is 11.3 Å². The fraction of sp³-hybridized carbons (Fsp3) is 0.542. The van der Waals surface area contributed by atoms with Crippen LogP contribution in [0.3, 0.4) is 0 Å². The summed E-state index contributed by atoms with van der Waals surface area (Å²) < 4.78 is 27.7. The Morgan fingerprint density at radius 3 is 2.28 bits per heavy atom. The number of thiophene rings is 1. The highest BCUT2D eigenvalue weighted by Gasteiger charge is 2.25. The number of rotatable bonds is 7. The van der Waals surface area contributed by atoms with Gasteiger partial charge in [-0.25, -0.2) is 13.1 Å². The number of nitrogens with one attached hydrogen (secondary N) is 1. The minimum Gasteiger partial charge on any atom is -0.339 e. The van der Waals surface area contributed by atoms with E-state index in [1.54, 1.807) is 12.1 Å². The summed E-state index contributed by atoms with van der Waals surface area (Å²) in [6, 6.07) is 10.1. The Morgan fingerprint density at radius 2 is 1.66 bits per heavy atom. The van der Waals surface area contributed by atoms with E-state index < -0.39 is 10.0 Å². The van der Waals surface area contributed by atoms with Gasteiger partial charge in [-0.3, -0.25) is 4.79 Å². The van der Waals surface area contributed by atoms with Gasteiger partial charge in [-0.05, 0) is 80.4 Å². The largest absolute Gasteiger partial charge is 0.339 e. The van der Waals surface area contributed by atoms with Gasteiger partial charge in [0.05, 0.1) is 4.90 Å². The maximum Gasteiger partial charge on any atom is 0.253 e. The Balaban J connectivity index is 1.28. The summed E-state index contributed by atoms with van der Waals surface area (Å²) in [6.45, 7) is 5.42. The van der Waals surface area contributed by atoms with Crippen LogP contribution in [0.2, 0.25) is 0 Å². The third-order valence-corrected chi connectivity index (χ3v) is 8.84. The number of hydrogen-bond acceptors (Lipinski definition) is 5. The molecule has 32 heavy (non-hydrogen) atoms. The normalized spacial score (nSPS) is 19.1. The summed E-state index contributed by atoms with van der Waals surface area (Å²) >= 11 is 1.51. The first-order valence-electron chi connectivity index (χ1n) is 11.6. The van der Waals surface area contributed by atoms with Crippen LogP contribution >= 0.6 is 11.3 Å². The molecule has 0 atom stereocenters. The highest BCUT2D eigenvalue weighted by molar-refractivity contribution is 7.89. The van der Waals surface area contributed by atoms with Gasteiger partial charge in [0.1, 0.15) is 0 Å². The Morgan fingerprint density at radius 1 is 0.969 bits per heavy atom. The lowest BCUT2D eigenvalue weighted by atomic mass is 9.95. The minimum absolute atomic E-state index is 0.00582. The Kier molecular flexibility index (Phi) is 7.99. The fourth-order valence-electron chi connectivity index (χ4n) is 4.62. The summed E-state index contributed by atoms with van der Waals surface area (Å²) in [4.78, 5) is 18.6. The molecular formula is C24H33N3O3S2. The highest BCUT2D eigenvalue weighted by atomic mass is 32.2. The van der Waals surface area contributed by atoms with Gasteiger partial charge in [0.15, 0.2) is 0 Å². The predicted molar refractivity (Wildman–Crippen MR) is 128 cm³/mol. The molecule has 0 bridgehead atoms. The van der Waals surface area contributed by atoms with Crippen molar-refractivity contribution in [3.63, 3.8) is 0 Å². The molecule has 2 aromatic rings. The van der Waals surface area contributed by atoms with Crippen molar-refractivity contribution < 1.29 is 13.2 Å². The molecule has 2 saturated heterocycles. The van der Waals surface area contributed by atoms with Crippen molar-refractivity contribution in [3.8, 4) is 0 Å². The Hall–Kier alpha value is -1.74. The van der Waals surface area contributed by atoms with Crippen LogP contribution in [0.15, 0.2) is 46.7 Å².